The Morgan fingerprint density at radius 1 is 1.35 bits per heavy atom. The van der Waals surface area contributed by atoms with Crippen LogP contribution in [0.25, 0.3) is 0 Å². The molecule has 1 aliphatic carbocycles. The topological polar surface area (TPSA) is 49.4 Å². The Labute approximate surface area is 132 Å². The largest absolute Gasteiger partial charge is 0.312 e. The van der Waals surface area contributed by atoms with Gasteiger partial charge in [0.15, 0.2) is 0 Å². The van der Waals surface area contributed by atoms with Crippen molar-refractivity contribution in [2.24, 2.45) is 0 Å². The molecule has 1 atom stereocenters. The summed E-state index contributed by atoms with van der Waals surface area (Å²) in [4.78, 5) is 0. The van der Waals surface area contributed by atoms with Crippen LogP contribution in [0.5, 0.6) is 0 Å². The van der Waals surface area contributed by atoms with E-state index < -0.39 is 10.0 Å². The number of halogens is 1. The van der Waals surface area contributed by atoms with E-state index in [9.17, 15) is 8.42 Å². The lowest BCUT2D eigenvalue weighted by Crippen LogP contribution is -2.48. The zero-order valence-corrected chi connectivity index (χ0v) is 14.4. The maximum atomic E-state index is 12.8. The molecule has 4 nitrogen and oxygen atoms in total. The third kappa shape index (κ3) is 3.11. The van der Waals surface area contributed by atoms with Gasteiger partial charge >= 0.3 is 0 Å². The fourth-order valence-electron chi connectivity index (χ4n) is 2.66. The standard InChI is InChI=1S/C13H19BrN2O2S2/c14-12-6-8-19-13(12)20(17,18)16-7-2-1-3-11(16)9-15-10-4-5-10/h6,8,10-11,15H,1-5,7,9H2. The van der Waals surface area contributed by atoms with Gasteiger partial charge in [0.2, 0.25) is 0 Å². The van der Waals surface area contributed by atoms with Crippen LogP contribution in [0, 0.1) is 0 Å². The highest BCUT2D eigenvalue weighted by atomic mass is 79.9. The minimum Gasteiger partial charge on any atom is -0.312 e. The number of hydrogen-bond donors (Lipinski definition) is 1. The van der Waals surface area contributed by atoms with Crippen LogP contribution in [0.3, 0.4) is 0 Å². The monoisotopic (exact) mass is 378 g/mol. The first-order valence-corrected chi connectivity index (χ1v) is 10.2. The van der Waals surface area contributed by atoms with Crippen molar-refractivity contribution >= 4 is 37.3 Å². The van der Waals surface area contributed by atoms with E-state index in [4.69, 9.17) is 0 Å². The number of sulfonamides is 1. The van der Waals surface area contributed by atoms with E-state index in [0.29, 0.717) is 21.3 Å². The van der Waals surface area contributed by atoms with Crippen molar-refractivity contribution < 1.29 is 8.42 Å². The van der Waals surface area contributed by atoms with E-state index in [2.05, 4.69) is 21.2 Å². The van der Waals surface area contributed by atoms with Crippen LogP contribution in [0.15, 0.2) is 20.1 Å². The molecule has 1 aromatic rings. The van der Waals surface area contributed by atoms with Gasteiger partial charge in [0.05, 0.1) is 0 Å². The molecule has 112 valence electrons. The molecule has 1 aromatic heterocycles. The molecule has 2 aliphatic rings. The molecule has 0 amide bonds. The summed E-state index contributed by atoms with van der Waals surface area (Å²) in [6, 6.07) is 2.53. The predicted octanol–water partition coefficient (Wildman–Crippen LogP) is 2.81. The average molecular weight is 379 g/mol. The molecule has 0 radical (unpaired) electrons. The van der Waals surface area contributed by atoms with Gasteiger partial charge in [0.25, 0.3) is 10.0 Å². The fraction of sp³-hybridized carbons (Fsp3) is 0.692. The normalized spacial score (nSPS) is 24.9. The molecule has 0 aromatic carbocycles. The van der Waals surface area contributed by atoms with Crippen molar-refractivity contribution in [3.8, 4) is 0 Å². The Balaban J connectivity index is 1.79. The SMILES string of the molecule is O=S(=O)(c1sccc1Br)N1CCCCC1CNC1CC1. The third-order valence-electron chi connectivity index (χ3n) is 3.92. The van der Waals surface area contributed by atoms with E-state index in [-0.39, 0.29) is 6.04 Å². The predicted molar refractivity (Wildman–Crippen MR) is 84.6 cm³/mol. The van der Waals surface area contributed by atoms with Gasteiger partial charge < -0.3 is 5.32 Å². The molecule has 2 fully saturated rings. The van der Waals surface area contributed by atoms with Gasteiger partial charge in [-0.15, -0.1) is 11.3 Å². The van der Waals surface area contributed by atoms with E-state index in [1.54, 1.807) is 10.4 Å². The molecule has 0 spiro atoms. The molecule has 1 aliphatic heterocycles. The number of nitrogens with zero attached hydrogens (tertiary/aromatic N) is 1. The van der Waals surface area contributed by atoms with E-state index >= 15 is 0 Å². The number of rotatable bonds is 5. The number of thiophene rings is 1. The molecule has 1 N–H and O–H groups in total. The molecular formula is C13H19BrN2O2S2. The number of piperidine rings is 1. The van der Waals surface area contributed by atoms with Crippen LogP contribution in [-0.4, -0.2) is 37.9 Å². The molecule has 1 unspecified atom stereocenters. The highest BCUT2D eigenvalue weighted by Crippen LogP contribution is 2.33. The highest BCUT2D eigenvalue weighted by Gasteiger charge is 2.36. The molecule has 3 rings (SSSR count). The minimum absolute atomic E-state index is 0.100. The second-order valence-electron chi connectivity index (χ2n) is 5.50. The maximum absolute atomic E-state index is 12.8. The second-order valence-corrected chi connectivity index (χ2v) is 9.36. The van der Waals surface area contributed by atoms with Crippen molar-refractivity contribution in [2.75, 3.05) is 13.1 Å². The summed E-state index contributed by atoms with van der Waals surface area (Å²) in [5.74, 6) is 0. The van der Waals surface area contributed by atoms with Crippen LogP contribution >= 0.6 is 27.3 Å². The van der Waals surface area contributed by atoms with Crippen molar-refractivity contribution in [1.29, 1.82) is 0 Å². The number of nitrogens with one attached hydrogen (secondary N) is 1. The van der Waals surface area contributed by atoms with E-state index in [0.717, 1.165) is 25.8 Å². The fourth-order valence-corrected chi connectivity index (χ4v) is 6.77. The smallest absolute Gasteiger partial charge is 0.253 e. The van der Waals surface area contributed by atoms with Gasteiger partial charge in [-0.25, -0.2) is 8.42 Å². The molecule has 2 heterocycles. The van der Waals surface area contributed by atoms with Crippen molar-refractivity contribution in [1.82, 2.24) is 9.62 Å². The first-order valence-electron chi connectivity index (χ1n) is 7.07. The Morgan fingerprint density at radius 3 is 2.80 bits per heavy atom. The zero-order chi connectivity index (χ0) is 14.2. The summed E-state index contributed by atoms with van der Waals surface area (Å²) in [7, 11) is -3.36. The average Bonchev–Trinajstić information content (AvgIpc) is 3.16. The first-order chi connectivity index (χ1) is 9.59. The van der Waals surface area contributed by atoms with Crippen molar-refractivity contribution in [2.45, 2.75) is 48.4 Å². The van der Waals surface area contributed by atoms with Crippen LogP contribution in [0.1, 0.15) is 32.1 Å². The van der Waals surface area contributed by atoms with Gasteiger partial charge in [-0.3, -0.25) is 0 Å². The molecule has 0 bridgehead atoms. The Kier molecular flexibility index (Phi) is 4.52. The molecular weight excluding hydrogens is 360 g/mol. The maximum Gasteiger partial charge on any atom is 0.253 e. The quantitative estimate of drug-likeness (QED) is 0.856. The Hall–Kier alpha value is 0.0500. The first kappa shape index (κ1) is 15.0. The minimum atomic E-state index is -3.36. The summed E-state index contributed by atoms with van der Waals surface area (Å²) in [5, 5.41) is 5.29. The summed E-state index contributed by atoms with van der Waals surface area (Å²) in [6.07, 6.45) is 5.50. The lowest BCUT2D eigenvalue weighted by Gasteiger charge is -2.34. The van der Waals surface area contributed by atoms with Crippen LogP contribution in [-0.2, 0) is 10.0 Å². The number of hydrogen-bond acceptors (Lipinski definition) is 4. The van der Waals surface area contributed by atoms with Gasteiger partial charge in [0, 0.05) is 29.6 Å². The Bertz CT molecular complexity index is 569. The van der Waals surface area contributed by atoms with Gasteiger partial charge in [-0.2, -0.15) is 4.31 Å². The lowest BCUT2D eigenvalue weighted by molar-refractivity contribution is 0.245. The summed E-state index contributed by atoms with van der Waals surface area (Å²) < 4.78 is 28.5. The van der Waals surface area contributed by atoms with Crippen molar-refractivity contribution in [3.05, 3.63) is 15.9 Å². The van der Waals surface area contributed by atoms with Crippen LogP contribution < -0.4 is 5.32 Å². The van der Waals surface area contributed by atoms with Crippen LogP contribution in [0.4, 0.5) is 0 Å². The van der Waals surface area contributed by atoms with Gasteiger partial charge in [-0.05, 0) is 53.1 Å². The molecule has 7 heteroatoms. The van der Waals surface area contributed by atoms with Crippen molar-refractivity contribution in [3.63, 3.8) is 0 Å². The highest BCUT2D eigenvalue weighted by molar-refractivity contribution is 9.10. The second kappa shape index (κ2) is 6.04. The summed E-state index contributed by atoms with van der Waals surface area (Å²) >= 11 is 4.64. The van der Waals surface area contributed by atoms with E-state index in [1.807, 2.05) is 5.38 Å². The molecule has 1 saturated carbocycles. The van der Waals surface area contributed by atoms with Crippen LogP contribution in [0.2, 0.25) is 0 Å². The molecule has 1 saturated heterocycles. The lowest BCUT2D eigenvalue weighted by atomic mass is 10.1. The van der Waals surface area contributed by atoms with E-state index in [1.165, 1.54) is 24.2 Å². The van der Waals surface area contributed by atoms with Gasteiger partial charge in [0.1, 0.15) is 4.21 Å². The molecule has 20 heavy (non-hydrogen) atoms. The summed E-state index contributed by atoms with van der Waals surface area (Å²) in [5.41, 5.74) is 0. The van der Waals surface area contributed by atoms with Gasteiger partial charge in [-0.1, -0.05) is 6.42 Å². The zero-order valence-electron chi connectivity index (χ0n) is 11.2. The third-order valence-corrected chi connectivity index (χ3v) is 8.52. The summed E-state index contributed by atoms with van der Waals surface area (Å²) in [6.45, 7) is 1.43. The Morgan fingerprint density at radius 2 is 2.15 bits per heavy atom.